The van der Waals surface area contributed by atoms with Crippen molar-refractivity contribution in [3.05, 3.63) is 71.8 Å². The van der Waals surface area contributed by atoms with Crippen LogP contribution in [0, 0.1) is 23.7 Å². The van der Waals surface area contributed by atoms with E-state index < -0.39 is 126 Å². The molecule has 3 heterocycles. The number of carbonyl (C=O) groups is 9. The molecule has 0 radical (unpaired) electrons. The molecule has 22 heteroatoms. The Bertz CT molecular complexity index is 2430. The number of benzene rings is 2. The predicted molar refractivity (Wildman–Crippen MR) is 312 cm³/mol. The number of morpholine rings is 1. The van der Waals surface area contributed by atoms with Gasteiger partial charge < -0.3 is 63.6 Å². The molecule has 454 valence electrons. The fraction of sp³-hybridized carbons (Fsp3) is 0.650. The van der Waals surface area contributed by atoms with Crippen molar-refractivity contribution in [1.82, 2.24) is 52.3 Å². The Morgan fingerprint density at radius 1 is 0.537 bits per heavy atom. The Morgan fingerprint density at radius 2 is 1.01 bits per heavy atom. The average molecular weight is 1140 g/mol. The third-order valence-corrected chi connectivity index (χ3v) is 15.1. The molecule has 0 saturated carbocycles. The smallest absolute Gasteiger partial charge is 0.246 e. The molecule has 2 aromatic carbocycles. The molecular weight excluding hydrogens is 1050 g/mol. The van der Waals surface area contributed by atoms with Gasteiger partial charge in [-0.3, -0.25) is 48.1 Å². The molecule has 0 unspecified atom stereocenters. The molecule has 0 spiro atoms. The summed E-state index contributed by atoms with van der Waals surface area (Å²) in [6, 6.07) is 9.86. The normalized spacial score (nSPS) is 26.9. The molecule has 22 nitrogen and oxygen atoms in total. The maximum Gasteiger partial charge on any atom is 0.246 e. The number of amides is 9. The molecule has 82 heavy (non-hydrogen) atoms. The van der Waals surface area contributed by atoms with Crippen LogP contribution in [0.1, 0.15) is 124 Å². The van der Waals surface area contributed by atoms with Crippen molar-refractivity contribution in [2.75, 3.05) is 39.3 Å². The number of hydrogen-bond donors (Lipinski definition) is 10. The van der Waals surface area contributed by atoms with Crippen LogP contribution in [-0.4, -0.2) is 163 Å². The van der Waals surface area contributed by atoms with Crippen LogP contribution in [0.15, 0.2) is 60.7 Å². The Hall–Kier alpha value is -6.49. The fourth-order valence-electron chi connectivity index (χ4n) is 10.8. The molecule has 2 aromatic rings. The van der Waals surface area contributed by atoms with Gasteiger partial charge in [-0.2, -0.15) is 0 Å². The van der Waals surface area contributed by atoms with E-state index in [9.17, 15) is 43.2 Å². The SMILES string of the molecule is CC(C)C[C@@H]1NC(=O)[C@H](CCCN)NC(=O)[C@H](C(C)C)NC(=O)[C@@H]2CCCN2C(=O)[C@@H](Cc2ccccc2)NC(=O)[C@H](CC(C)C)NC(=O)[C@H](CCCN)NC(=O)[C@H](C(C)C)NC(=O)C[C@H]2CN(Cc3ccccc3)C[C@@H](CNC1=O)O2. The maximum atomic E-state index is 14.9. The molecule has 0 aromatic heterocycles. The van der Waals surface area contributed by atoms with Gasteiger partial charge in [0.25, 0.3) is 0 Å². The Balaban J connectivity index is 1.53. The number of nitrogens with zero attached hydrogens (tertiary/aromatic N) is 2. The van der Waals surface area contributed by atoms with Gasteiger partial charge in [0.15, 0.2) is 0 Å². The first-order valence-corrected chi connectivity index (χ1v) is 29.6. The summed E-state index contributed by atoms with van der Waals surface area (Å²) in [5.74, 6) is -6.39. The lowest BCUT2D eigenvalue weighted by atomic mass is 9.99. The lowest BCUT2D eigenvalue weighted by Crippen LogP contribution is -2.61. The topological polar surface area (TPSA) is 318 Å². The highest BCUT2D eigenvalue weighted by molar-refractivity contribution is 5.98. The second kappa shape index (κ2) is 33.0. The summed E-state index contributed by atoms with van der Waals surface area (Å²) in [7, 11) is 0. The van der Waals surface area contributed by atoms with E-state index >= 15 is 0 Å². The summed E-state index contributed by atoms with van der Waals surface area (Å²) >= 11 is 0. The first-order valence-electron chi connectivity index (χ1n) is 29.6. The molecule has 9 amide bonds. The van der Waals surface area contributed by atoms with Gasteiger partial charge >= 0.3 is 0 Å². The highest BCUT2D eigenvalue weighted by Crippen LogP contribution is 2.23. The third kappa shape index (κ3) is 20.7. The molecule has 3 aliphatic heterocycles. The summed E-state index contributed by atoms with van der Waals surface area (Å²) < 4.78 is 6.52. The summed E-state index contributed by atoms with van der Waals surface area (Å²) in [4.78, 5) is 133. The number of ether oxygens (including phenoxy) is 1. The van der Waals surface area contributed by atoms with Crippen molar-refractivity contribution in [2.24, 2.45) is 35.1 Å². The number of nitrogens with one attached hydrogen (secondary N) is 8. The van der Waals surface area contributed by atoms with Crippen molar-refractivity contribution in [3.63, 3.8) is 0 Å². The molecule has 5 rings (SSSR count). The van der Waals surface area contributed by atoms with Crippen molar-refractivity contribution in [3.8, 4) is 0 Å². The molecule has 2 bridgehead atoms. The summed E-state index contributed by atoms with van der Waals surface area (Å²) in [6.07, 6.45) is 0.661. The second-order valence-corrected chi connectivity index (χ2v) is 23.8. The van der Waals surface area contributed by atoms with Crippen LogP contribution in [0.5, 0.6) is 0 Å². The van der Waals surface area contributed by atoms with Gasteiger partial charge in [0, 0.05) is 39.1 Å². The lowest BCUT2D eigenvalue weighted by Gasteiger charge is -2.38. The van der Waals surface area contributed by atoms with Gasteiger partial charge in [0.1, 0.15) is 48.3 Å². The standard InChI is InChI=1S/C60H94N12O10/c1-36(2)28-46-53(74)63-32-43-35-71(33-41-20-13-10-14-21-41)34-42(82-43)31-50(73)69-51(38(5)6)58(79)64-45(23-16-26-62)55(76)67-47(29-37(3)4)56(77)68-48(30-40-18-11-9-12-19-40)60(81)72-27-17-24-49(72)57(78)70-52(39(7)8)59(80)65-44(22-15-25-61)54(75)66-46/h9-14,18-21,36-39,42-49,51-52H,15-17,22-35,61-62H2,1-8H3,(H,63,74)(H,64,79)(H,65,80)(H,66,75)(H,67,76)(H,68,77)(H,69,73)(H,70,78)/t42-,43+,44-,45-,46-,47-,48+,49-,51-,52-/m0/s1. The highest BCUT2D eigenvalue weighted by Gasteiger charge is 2.42. The van der Waals surface area contributed by atoms with Gasteiger partial charge in [-0.25, -0.2) is 0 Å². The number of nitrogens with two attached hydrogens (primary N) is 2. The van der Waals surface area contributed by atoms with Gasteiger partial charge in [-0.15, -0.1) is 0 Å². The Kier molecular flexibility index (Phi) is 26.7. The van der Waals surface area contributed by atoms with Gasteiger partial charge in [0.05, 0.1) is 18.6 Å². The zero-order valence-corrected chi connectivity index (χ0v) is 49.5. The quantitative estimate of drug-likeness (QED) is 0.114. The largest absolute Gasteiger partial charge is 0.370 e. The summed E-state index contributed by atoms with van der Waals surface area (Å²) in [6.45, 7) is 16.5. The van der Waals surface area contributed by atoms with Gasteiger partial charge in [0.2, 0.25) is 53.2 Å². The first kappa shape index (κ1) is 66.3. The van der Waals surface area contributed by atoms with E-state index in [-0.39, 0.29) is 83.0 Å². The van der Waals surface area contributed by atoms with Crippen LogP contribution in [0.25, 0.3) is 0 Å². The van der Waals surface area contributed by atoms with Crippen LogP contribution < -0.4 is 54.0 Å². The lowest BCUT2D eigenvalue weighted by molar-refractivity contribution is -0.143. The zero-order valence-electron chi connectivity index (χ0n) is 49.5. The van der Waals surface area contributed by atoms with Crippen LogP contribution in [0.4, 0.5) is 0 Å². The molecule has 3 saturated heterocycles. The van der Waals surface area contributed by atoms with E-state index in [1.807, 2.05) is 76.2 Å². The number of fused-ring (bicyclic) bond motifs is 3. The third-order valence-electron chi connectivity index (χ3n) is 15.1. The van der Waals surface area contributed by atoms with E-state index in [4.69, 9.17) is 16.2 Å². The highest BCUT2D eigenvalue weighted by atomic mass is 16.5. The predicted octanol–water partition coefficient (Wildman–Crippen LogP) is 1.29. The van der Waals surface area contributed by atoms with E-state index in [0.29, 0.717) is 38.9 Å². The molecule has 0 aliphatic carbocycles. The Morgan fingerprint density at radius 3 is 1.54 bits per heavy atom. The van der Waals surface area contributed by atoms with E-state index in [1.165, 1.54) is 4.90 Å². The number of rotatable bonds is 16. The summed E-state index contributed by atoms with van der Waals surface area (Å²) in [5, 5.41) is 23.1. The molecule has 10 atom stereocenters. The van der Waals surface area contributed by atoms with Crippen molar-refractivity contribution < 1.29 is 47.9 Å². The van der Waals surface area contributed by atoms with Crippen molar-refractivity contribution in [2.45, 2.75) is 187 Å². The van der Waals surface area contributed by atoms with Crippen LogP contribution >= 0.6 is 0 Å². The van der Waals surface area contributed by atoms with E-state index in [0.717, 1.165) is 11.1 Å². The summed E-state index contributed by atoms with van der Waals surface area (Å²) in [5.41, 5.74) is 13.6. The minimum absolute atomic E-state index is 0.0243. The van der Waals surface area contributed by atoms with Crippen LogP contribution in [0.3, 0.4) is 0 Å². The first-order chi connectivity index (χ1) is 39.1. The van der Waals surface area contributed by atoms with Gasteiger partial charge in [-0.05, 0) is 99.3 Å². The molecule has 12 N–H and O–H groups in total. The average Bonchev–Trinajstić information content (AvgIpc) is 4.01. The fourth-order valence-corrected chi connectivity index (χ4v) is 10.8. The number of hydrogen-bond acceptors (Lipinski definition) is 13. The Labute approximate surface area is 484 Å². The van der Waals surface area contributed by atoms with Crippen LogP contribution in [0.2, 0.25) is 0 Å². The van der Waals surface area contributed by atoms with Crippen molar-refractivity contribution in [1.29, 1.82) is 0 Å². The maximum absolute atomic E-state index is 14.9. The van der Waals surface area contributed by atoms with E-state index in [1.54, 1.807) is 39.8 Å². The monoisotopic (exact) mass is 1140 g/mol. The van der Waals surface area contributed by atoms with E-state index in [2.05, 4.69) is 47.4 Å². The molecule has 3 fully saturated rings. The zero-order chi connectivity index (χ0) is 60.0. The van der Waals surface area contributed by atoms with Crippen molar-refractivity contribution >= 4 is 53.2 Å². The minimum atomic E-state index is -1.20. The molecule has 3 aliphatic rings. The number of carbonyl (C=O) groups excluding carboxylic acids is 9. The second-order valence-electron chi connectivity index (χ2n) is 23.8. The van der Waals surface area contributed by atoms with Gasteiger partial charge in [-0.1, -0.05) is 116 Å². The van der Waals surface area contributed by atoms with Crippen LogP contribution in [-0.2, 0) is 60.9 Å². The minimum Gasteiger partial charge on any atom is -0.370 e. The molecular formula is C60H94N12O10.